The summed E-state index contributed by atoms with van der Waals surface area (Å²) in [6.07, 6.45) is 0.743. The van der Waals surface area contributed by atoms with Gasteiger partial charge < -0.3 is 10.2 Å². The number of benzene rings is 3. The number of nitrogens with one attached hydrogen (secondary N) is 1. The van der Waals surface area contributed by atoms with Gasteiger partial charge >= 0.3 is 0 Å². The highest BCUT2D eigenvalue weighted by atomic mass is 35.5. The lowest BCUT2D eigenvalue weighted by Crippen LogP contribution is -2.51. The van der Waals surface area contributed by atoms with E-state index in [2.05, 4.69) is 5.32 Å². The van der Waals surface area contributed by atoms with Gasteiger partial charge in [0.15, 0.2) is 0 Å². The molecule has 3 rings (SSSR count). The first-order valence-electron chi connectivity index (χ1n) is 11.8. The van der Waals surface area contributed by atoms with E-state index in [-0.39, 0.29) is 23.0 Å². The summed E-state index contributed by atoms with van der Waals surface area (Å²) in [5, 5.41) is 3.51. The monoisotopic (exact) mass is 561 g/mol. The number of hydrogen-bond donors (Lipinski definition) is 1. The molecule has 37 heavy (non-hydrogen) atoms. The van der Waals surface area contributed by atoms with E-state index in [0.717, 1.165) is 16.3 Å². The lowest BCUT2D eigenvalue weighted by Gasteiger charge is -2.32. The lowest BCUT2D eigenvalue weighted by molar-refractivity contribution is -0.139. The van der Waals surface area contributed by atoms with Crippen molar-refractivity contribution in [2.45, 2.75) is 37.8 Å². The van der Waals surface area contributed by atoms with Crippen LogP contribution in [0.25, 0.3) is 0 Å². The van der Waals surface area contributed by atoms with Crippen LogP contribution >= 0.6 is 23.2 Å². The van der Waals surface area contributed by atoms with E-state index in [4.69, 9.17) is 23.2 Å². The van der Waals surface area contributed by atoms with E-state index >= 15 is 0 Å². The molecule has 2 amide bonds. The summed E-state index contributed by atoms with van der Waals surface area (Å²) in [5.74, 6) is -0.860. The molecule has 7 nitrogen and oxygen atoms in total. The van der Waals surface area contributed by atoms with Crippen LogP contribution in [0.1, 0.15) is 25.8 Å². The maximum Gasteiger partial charge on any atom is 0.264 e. The van der Waals surface area contributed by atoms with Crippen LogP contribution in [0.4, 0.5) is 5.69 Å². The minimum Gasteiger partial charge on any atom is -0.354 e. The van der Waals surface area contributed by atoms with Gasteiger partial charge in [0.1, 0.15) is 12.6 Å². The molecule has 0 spiro atoms. The van der Waals surface area contributed by atoms with Crippen LogP contribution in [0.3, 0.4) is 0 Å². The topological polar surface area (TPSA) is 86.8 Å². The van der Waals surface area contributed by atoms with Gasteiger partial charge in [-0.25, -0.2) is 8.42 Å². The van der Waals surface area contributed by atoms with Crippen LogP contribution in [0.2, 0.25) is 10.0 Å². The first-order chi connectivity index (χ1) is 17.6. The molecule has 0 heterocycles. The van der Waals surface area contributed by atoms with Gasteiger partial charge in [0.05, 0.1) is 10.6 Å². The Morgan fingerprint density at radius 1 is 0.919 bits per heavy atom. The van der Waals surface area contributed by atoms with E-state index in [1.54, 1.807) is 25.1 Å². The van der Waals surface area contributed by atoms with Gasteiger partial charge in [-0.1, -0.05) is 66.5 Å². The summed E-state index contributed by atoms with van der Waals surface area (Å²) in [6.45, 7) is 3.62. The summed E-state index contributed by atoms with van der Waals surface area (Å²) in [6, 6.07) is 20.3. The Balaban J connectivity index is 2.00. The third-order valence-electron chi connectivity index (χ3n) is 5.69. The number of amides is 2. The third kappa shape index (κ3) is 7.47. The van der Waals surface area contributed by atoms with Crippen molar-refractivity contribution < 1.29 is 18.0 Å². The maximum absolute atomic E-state index is 13.8. The largest absolute Gasteiger partial charge is 0.354 e. The van der Waals surface area contributed by atoms with Gasteiger partial charge in [-0.15, -0.1) is 0 Å². The molecule has 0 aliphatic rings. The lowest BCUT2D eigenvalue weighted by atomic mass is 10.1. The first kappa shape index (κ1) is 28.5. The average molecular weight is 563 g/mol. The Morgan fingerprint density at radius 3 is 2.22 bits per heavy atom. The second-order valence-electron chi connectivity index (χ2n) is 8.42. The normalized spacial score (nSPS) is 12.0. The number of sulfonamides is 1. The number of halogens is 2. The fourth-order valence-electron chi connectivity index (χ4n) is 3.65. The summed E-state index contributed by atoms with van der Waals surface area (Å²) < 4.78 is 28.4. The first-order valence-corrected chi connectivity index (χ1v) is 14.0. The molecule has 0 saturated heterocycles. The van der Waals surface area contributed by atoms with Crippen LogP contribution in [-0.2, 0) is 26.2 Å². The minimum atomic E-state index is -4.18. The molecular weight excluding hydrogens is 533 g/mol. The van der Waals surface area contributed by atoms with E-state index in [1.165, 1.54) is 35.2 Å². The van der Waals surface area contributed by atoms with Crippen LogP contribution in [-0.4, -0.2) is 44.3 Å². The highest BCUT2D eigenvalue weighted by Crippen LogP contribution is 2.27. The Bertz CT molecular complexity index is 1320. The Labute approximate surface area is 228 Å². The van der Waals surface area contributed by atoms with Crippen molar-refractivity contribution in [2.75, 3.05) is 17.4 Å². The van der Waals surface area contributed by atoms with Gasteiger partial charge in [0.2, 0.25) is 11.8 Å². The molecule has 0 bridgehead atoms. The zero-order valence-electron chi connectivity index (χ0n) is 20.6. The molecule has 0 aromatic heterocycles. The van der Waals surface area contributed by atoms with Crippen LogP contribution in [0.15, 0.2) is 83.8 Å². The molecule has 196 valence electrons. The fraction of sp³-hybridized carbons (Fsp3) is 0.259. The van der Waals surface area contributed by atoms with Crippen LogP contribution < -0.4 is 9.62 Å². The van der Waals surface area contributed by atoms with Gasteiger partial charge in [0, 0.05) is 23.1 Å². The van der Waals surface area contributed by atoms with Gasteiger partial charge in [-0.2, -0.15) is 0 Å². The Morgan fingerprint density at radius 2 is 1.59 bits per heavy atom. The van der Waals surface area contributed by atoms with Gasteiger partial charge in [0.25, 0.3) is 10.0 Å². The van der Waals surface area contributed by atoms with Gasteiger partial charge in [-0.3, -0.25) is 13.9 Å². The van der Waals surface area contributed by atoms with Crippen molar-refractivity contribution in [3.63, 3.8) is 0 Å². The number of nitrogens with zero attached hydrogens (tertiary/aromatic N) is 2. The highest BCUT2D eigenvalue weighted by molar-refractivity contribution is 7.92. The average Bonchev–Trinajstić information content (AvgIpc) is 2.89. The summed E-state index contributed by atoms with van der Waals surface area (Å²) in [5.41, 5.74) is 1.03. The SMILES string of the molecule is CCCNC(=O)[C@H](C)N(Cc1ccccc1)C(=O)CN(c1cccc(Cl)c1)S(=O)(=O)c1ccc(Cl)cc1. The molecule has 0 fully saturated rings. The molecule has 0 saturated carbocycles. The number of rotatable bonds is 11. The smallest absolute Gasteiger partial charge is 0.264 e. The molecular formula is C27H29Cl2N3O4S. The van der Waals surface area contributed by atoms with E-state index in [9.17, 15) is 18.0 Å². The zero-order valence-corrected chi connectivity index (χ0v) is 22.9. The molecule has 0 aliphatic carbocycles. The van der Waals surface area contributed by atoms with Crippen molar-refractivity contribution in [3.05, 3.63) is 94.5 Å². The molecule has 0 aliphatic heterocycles. The maximum atomic E-state index is 13.8. The second kappa shape index (κ2) is 12.9. The van der Waals surface area contributed by atoms with Gasteiger partial charge in [-0.05, 0) is 61.4 Å². The Hall–Kier alpha value is -3.07. The van der Waals surface area contributed by atoms with Crippen molar-refractivity contribution in [3.8, 4) is 0 Å². The molecule has 3 aromatic carbocycles. The molecule has 10 heteroatoms. The molecule has 0 unspecified atom stereocenters. The van der Waals surface area contributed by atoms with Crippen molar-refractivity contribution >= 4 is 50.7 Å². The third-order valence-corrected chi connectivity index (χ3v) is 7.96. The number of hydrogen-bond acceptors (Lipinski definition) is 4. The highest BCUT2D eigenvalue weighted by Gasteiger charge is 2.32. The summed E-state index contributed by atoms with van der Waals surface area (Å²) in [7, 11) is -4.18. The van der Waals surface area contributed by atoms with E-state index < -0.39 is 28.5 Å². The van der Waals surface area contributed by atoms with Crippen molar-refractivity contribution in [1.29, 1.82) is 0 Å². The zero-order chi connectivity index (χ0) is 27.0. The fourth-order valence-corrected chi connectivity index (χ4v) is 5.37. The predicted octanol–water partition coefficient (Wildman–Crippen LogP) is 5.13. The summed E-state index contributed by atoms with van der Waals surface area (Å²) in [4.78, 5) is 27.9. The molecule has 0 radical (unpaired) electrons. The number of anilines is 1. The predicted molar refractivity (Wildman–Crippen MR) is 147 cm³/mol. The molecule has 3 aromatic rings. The standard InChI is InChI=1S/C27H29Cl2N3O4S/c1-3-16-30-27(34)20(2)31(18-21-8-5-4-6-9-21)26(33)19-32(24-11-7-10-23(29)17-24)37(35,36)25-14-12-22(28)13-15-25/h4-15,17,20H,3,16,18-19H2,1-2H3,(H,30,34)/t20-/m0/s1. The van der Waals surface area contributed by atoms with Crippen molar-refractivity contribution in [2.24, 2.45) is 0 Å². The second-order valence-corrected chi connectivity index (χ2v) is 11.2. The number of carbonyl (C=O) groups excluding carboxylic acids is 2. The summed E-state index contributed by atoms with van der Waals surface area (Å²) >= 11 is 12.1. The minimum absolute atomic E-state index is 0.0342. The molecule has 1 N–H and O–H groups in total. The number of carbonyl (C=O) groups is 2. The molecule has 1 atom stereocenters. The van der Waals surface area contributed by atoms with Crippen LogP contribution in [0, 0.1) is 0 Å². The van der Waals surface area contributed by atoms with E-state index in [0.29, 0.717) is 16.6 Å². The Kier molecular flexibility index (Phi) is 9.97. The van der Waals surface area contributed by atoms with Crippen molar-refractivity contribution in [1.82, 2.24) is 10.2 Å². The van der Waals surface area contributed by atoms with E-state index in [1.807, 2.05) is 37.3 Å². The quantitative estimate of drug-likeness (QED) is 0.351. The van der Waals surface area contributed by atoms with Crippen LogP contribution in [0.5, 0.6) is 0 Å².